The lowest BCUT2D eigenvalue weighted by Crippen LogP contribution is -2.39. The number of aromatic amines is 1. The number of nitrogens with zero attached hydrogens (tertiary/aromatic N) is 2. The summed E-state index contributed by atoms with van der Waals surface area (Å²) in [6.07, 6.45) is 1.91. The summed E-state index contributed by atoms with van der Waals surface area (Å²) >= 11 is 1.32. The van der Waals surface area contributed by atoms with Gasteiger partial charge in [0, 0.05) is 45.1 Å². The second-order valence-corrected chi connectivity index (χ2v) is 9.46. The monoisotopic (exact) mass is 487 g/mol. The Bertz CT molecular complexity index is 1700. The molecule has 0 bridgehead atoms. The number of aryl methyl sites for hydroxylation is 1. The van der Waals surface area contributed by atoms with Crippen molar-refractivity contribution in [1.29, 1.82) is 0 Å². The van der Waals surface area contributed by atoms with Crippen LogP contribution >= 0.6 is 11.3 Å². The number of para-hydroxylation sites is 1. The fraction of sp³-hybridized carbons (Fsp3) is 0.222. The van der Waals surface area contributed by atoms with Crippen LogP contribution in [0.25, 0.3) is 17.0 Å². The number of thiazole rings is 1. The van der Waals surface area contributed by atoms with Gasteiger partial charge in [-0.05, 0) is 45.0 Å². The van der Waals surface area contributed by atoms with Crippen molar-refractivity contribution < 1.29 is 14.3 Å². The third kappa shape index (κ3) is 3.70. The minimum atomic E-state index is -0.657. The lowest BCUT2D eigenvalue weighted by Gasteiger charge is -2.26. The molecule has 1 aliphatic rings. The van der Waals surface area contributed by atoms with E-state index in [9.17, 15) is 9.59 Å². The van der Waals surface area contributed by atoms with Gasteiger partial charge in [0.05, 0.1) is 24.8 Å². The van der Waals surface area contributed by atoms with Crippen molar-refractivity contribution in [2.24, 2.45) is 4.99 Å². The van der Waals surface area contributed by atoms with Crippen LogP contribution in [-0.4, -0.2) is 29.6 Å². The highest BCUT2D eigenvalue weighted by molar-refractivity contribution is 7.07. The van der Waals surface area contributed by atoms with Crippen molar-refractivity contribution in [2.75, 3.05) is 14.2 Å². The third-order valence-electron chi connectivity index (χ3n) is 6.36. The first-order valence-electron chi connectivity index (χ1n) is 11.2. The fourth-order valence-corrected chi connectivity index (χ4v) is 5.75. The highest BCUT2D eigenvalue weighted by atomic mass is 32.1. The molecule has 0 radical (unpaired) electrons. The molecule has 5 rings (SSSR count). The van der Waals surface area contributed by atoms with Gasteiger partial charge in [-0.25, -0.2) is 4.99 Å². The molecule has 2 aromatic carbocycles. The Balaban J connectivity index is 1.79. The number of benzene rings is 2. The Morgan fingerprint density at radius 1 is 1.14 bits per heavy atom. The number of hydrogen-bond donors (Lipinski definition) is 1. The van der Waals surface area contributed by atoms with Gasteiger partial charge in [-0.1, -0.05) is 29.5 Å². The Labute approximate surface area is 205 Å². The average Bonchev–Trinajstić information content (AvgIpc) is 3.33. The van der Waals surface area contributed by atoms with Gasteiger partial charge in [-0.2, -0.15) is 0 Å². The van der Waals surface area contributed by atoms with Gasteiger partial charge in [-0.15, -0.1) is 0 Å². The molecule has 8 heteroatoms. The van der Waals surface area contributed by atoms with Gasteiger partial charge >= 0.3 is 0 Å². The topological polar surface area (TPSA) is 85.7 Å². The molecule has 1 atom stereocenters. The second kappa shape index (κ2) is 8.70. The molecule has 0 amide bonds. The van der Waals surface area contributed by atoms with Crippen LogP contribution in [0.2, 0.25) is 0 Å². The number of allylic oxidation sites excluding steroid dienone is 2. The van der Waals surface area contributed by atoms with Crippen LogP contribution < -0.4 is 24.4 Å². The fourth-order valence-electron chi connectivity index (χ4n) is 4.72. The standard InChI is InChI=1S/C27H25N3O4S/c1-14-20(18-8-6-7-9-21(18)28-14)13-23-26(32)30-25(19-11-10-17(33-4)12-22(19)34-5)24(16(3)31)15(2)29-27(30)35-23/h6-13,25,28H,1-5H3/b23-13-/t25-/m1/s1. The van der Waals surface area contributed by atoms with E-state index in [1.807, 2.05) is 43.3 Å². The Kier molecular flexibility index (Phi) is 5.68. The van der Waals surface area contributed by atoms with E-state index in [-0.39, 0.29) is 11.3 Å². The van der Waals surface area contributed by atoms with Gasteiger partial charge < -0.3 is 14.5 Å². The molecule has 178 valence electrons. The summed E-state index contributed by atoms with van der Waals surface area (Å²) in [5.74, 6) is 1.01. The summed E-state index contributed by atoms with van der Waals surface area (Å²) in [5, 5.41) is 1.05. The quantitative estimate of drug-likeness (QED) is 0.466. The first-order valence-corrected chi connectivity index (χ1v) is 12.0. The van der Waals surface area contributed by atoms with Crippen LogP contribution in [0.3, 0.4) is 0 Å². The van der Waals surface area contributed by atoms with Crippen LogP contribution in [-0.2, 0) is 4.79 Å². The molecule has 1 aliphatic heterocycles. The molecule has 7 nitrogen and oxygen atoms in total. The molecule has 0 saturated heterocycles. The molecule has 35 heavy (non-hydrogen) atoms. The van der Waals surface area contributed by atoms with E-state index in [2.05, 4.69) is 9.98 Å². The predicted molar refractivity (Wildman–Crippen MR) is 137 cm³/mol. The third-order valence-corrected chi connectivity index (χ3v) is 7.34. The van der Waals surface area contributed by atoms with Gasteiger partial charge in [-0.3, -0.25) is 14.2 Å². The van der Waals surface area contributed by atoms with E-state index in [0.29, 0.717) is 37.7 Å². The maximum Gasteiger partial charge on any atom is 0.271 e. The van der Waals surface area contributed by atoms with Gasteiger partial charge in [0.1, 0.15) is 11.5 Å². The summed E-state index contributed by atoms with van der Waals surface area (Å²) < 4.78 is 13.1. The van der Waals surface area contributed by atoms with E-state index in [1.54, 1.807) is 37.8 Å². The van der Waals surface area contributed by atoms with E-state index < -0.39 is 6.04 Å². The summed E-state index contributed by atoms with van der Waals surface area (Å²) in [4.78, 5) is 35.2. The molecule has 0 fully saturated rings. The summed E-state index contributed by atoms with van der Waals surface area (Å²) in [6.45, 7) is 5.30. The van der Waals surface area contributed by atoms with E-state index in [1.165, 1.54) is 18.3 Å². The predicted octanol–water partition coefficient (Wildman–Crippen LogP) is 3.63. The number of H-pyrrole nitrogens is 1. The number of carbonyl (C=O) groups is 1. The van der Waals surface area contributed by atoms with Gasteiger partial charge in [0.25, 0.3) is 5.56 Å². The number of aromatic nitrogens is 2. The molecule has 2 aromatic heterocycles. The van der Waals surface area contributed by atoms with Crippen LogP contribution in [0.5, 0.6) is 11.5 Å². The lowest BCUT2D eigenvalue weighted by atomic mass is 9.92. The number of hydrogen-bond acceptors (Lipinski definition) is 6. The molecular weight excluding hydrogens is 462 g/mol. The Hall–Kier alpha value is -3.91. The second-order valence-electron chi connectivity index (χ2n) is 8.46. The highest BCUT2D eigenvalue weighted by Crippen LogP contribution is 2.37. The van der Waals surface area contributed by atoms with Crippen LogP contribution in [0, 0.1) is 6.92 Å². The van der Waals surface area contributed by atoms with Crippen LogP contribution in [0.1, 0.15) is 36.7 Å². The zero-order valence-corrected chi connectivity index (χ0v) is 20.9. The minimum absolute atomic E-state index is 0.143. The maximum absolute atomic E-state index is 13.8. The number of ketones is 1. The molecular formula is C27H25N3O4S. The number of carbonyl (C=O) groups excluding carboxylic acids is 1. The molecule has 0 saturated carbocycles. The number of ether oxygens (including phenoxy) is 2. The van der Waals surface area contributed by atoms with Crippen molar-refractivity contribution in [3.63, 3.8) is 0 Å². The molecule has 4 aromatic rings. The van der Waals surface area contributed by atoms with E-state index in [4.69, 9.17) is 9.47 Å². The minimum Gasteiger partial charge on any atom is -0.497 e. The number of fused-ring (bicyclic) bond motifs is 2. The average molecular weight is 488 g/mol. The number of rotatable bonds is 5. The smallest absolute Gasteiger partial charge is 0.271 e. The highest BCUT2D eigenvalue weighted by Gasteiger charge is 2.32. The number of methoxy groups -OCH3 is 2. The first-order chi connectivity index (χ1) is 16.8. The van der Waals surface area contributed by atoms with E-state index >= 15 is 0 Å². The number of Topliss-reactive ketones (excluding diaryl/α,β-unsaturated/α-hetero) is 1. The van der Waals surface area contributed by atoms with Crippen molar-refractivity contribution in [2.45, 2.75) is 26.8 Å². The molecule has 0 unspecified atom stereocenters. The molecule has 0 aliphatic carbocycles. The Morgan fingerprint density at radius 3 is 2.63 bits per heavy atom. The van der Waals surface area contributed by atoms with Crippen LogP contribution in [0.4, 0.5) is 0 Å². The van der Waals surface area contributed by atoms with Crippen molar-refractivity contribution in [3.05, 3.63) is 90.2 Å². The Morgan fingerprint density at radius 2 is 1.91 bits per heavy atom. The van der Waals surface area contributed by atoms with Crippen LogP contribution in [0.15, 0.2) is 63.5 Å². The molecule has 1 N–H and O–H groups in total. The lowest BCUT2D eigenvalue weighted by molar-refractivity contribution is -0.114. The molecule has 0 spiro atoms. The molecule has 3 heterocycles. The van der Waals surface area contributed by atoms with Gasteiger partial charge in [0.2, 0.25) is 0 Å². The van der Waals surface area contributed by atoms with Gasteiger partial charge in [0.15, 0.2) is 10.6 Å². The zero-order chi connectivity index (χ0) is 24.9. The summed E-state index contributed by atoms with van der Waals surface area (Å²) in [7, 11) is 3.14. The normalized spacial score (nSPS) is 15.8. The summed E-state index contributed by atoms with van der Waals surface area (Å²) in [5.41, 5.74) is 4.51. The maximum atomic E-state index is 13.8. The zero-order valence-electron chi connectivity index (χ0n) is 20.1. The SMILES string of the molecule is COc1ccc([C@@H]2C(C(C)=O)=C(C)N=c3s/c(=C\c4c(C)[nH]c5ccccc45)c(=O)n32)c(OC)c1. The van der Waals surface area contributed by atoms with Crippen molar-refractivity contribution >= 4 is 34.1 Å². The first kappa shape index (κ1) is 22.9. The summed E-state index contributed by atoms with van der Waals surface area (Å²) in [6, 6.07) is 12.7. The van der Waals surface area contributed by atoms with E-state index in [0.717, 1.165) is 22.2 Å². The van der Waals surface area contributed by atoms with Crippen molar-refractivity contribution in [3.8, 4) is 11.5 Å². The largest absolute Gasteiger partial charge is 0.497 e. The number of nitrogens with one attached hydrogen (secondary N) is 1. The van der Waals surface area contributed by atoms with Crippen molar-refractivity contribution in [1.82, 2.24) is 9.55 Å².